The topological polar surface area (TPSA) is 11.4 Å². The second kappa shape index (κ2) is 13.9. The SMILES string of the molecule is c1ccc(N(c2ccc3c(c2)[C@@]2(CC3)CCc3ccc(N(c4ccccc4)c4cccc5ccccc45)cc32)c2ccc3c4ccccc4n(-c4ccccc4)c3c2)cc1. The number of aromatic nitrogens is 1. The molecule has 1 aromatic heterocycles. The summed E-state index contributed by atoms with van der Waals surface area (Å²) in [5, 5.41) is 5.01. The summed E-state index contributed by atoms with van der Waals surface area (Å²) < 4.78 is 2.42. The van der Waals surface area contributed by atoms with Gasteiger partial charge in [-0.15, -0.1) is 0 Å². The first kappa shape index (κ1) is 34.7. The number of aryl methyl sites for hydroxylation is 2. The Morgan fingerprint density at radius 1 is 0.367 bits per heavy atom. The van der Waals surface area contributed by atoms with Gasteiger partial charge in [-0.1, -0.05) is 127 Å². The number of fused-ring (bicyclic) bond motifs is 8. The standard InChI is InChI=1S/C57H43N3/c1-4-17-43(18-5-1)58(48-31-32-51-50-24-12-13-25-55(50)60(56(51)39-48)45-21-8-3-9-22-45)46-29-27-41-33-35-57(52(41)37-46)36-34-42-28-30-47(38-53(42)57)59(44-19-6-2-7-20-44)54-26-14-16-40-15-10-11-23-49(40)54/h1-32,37-39H,33-36H2/t57-/m1/s1. The van der Waals surface area contributed by atoms with E-state index >= 15 is 0 Å². The van der Waals surface area contributed by atoms with Crippen LogP contribution in [0.3, 0.4) is 0 Å². The molecule has 1 heterocycles. The van der Waals surface area contributed by atoms with Gasteiger partial charge in [-0.25, -0.2) is 0 Å². The first-order valence-corrected chi connectivity index (χ1v) is 21.3. The van der Waals surface area contributed by atoms with Gasteiger partial charge in [0.05, 0.1) is 16.7 Å². The lowest BCUT2D eigenvalue weighted by atomic mass is 9.76. The molecule has 0 amide bonds. The summed E-state index contributed by atoms with van der Waals surface area (Å²) in [4.78, 5) is 4.92. The summed E-state index contributed by atoms with van der Waals surface area (Å²) in [5.74, 6) is 0. The van der Waals surface area contributed by atoms with E-state index in [1.807, 2.05) is 0 Å². The van der Waals surface area contributed by atoms with E-state index in [9.17, 15) is 0 Å². The number of nitrogens with zero attached hydrogens (tertiary/aromatic N) is 3. The van der Waals surface area contributed by atoms with Gasteiger partial charge in [-0.3, -0.25) is 0 Å². The number of para-hydroxylation sites is 4. The van der Waals surface area contributed by atoms with Crippen LogP contribution in [0.4, 0.5) is 34.1 Å². The van der Waals surface area contributed by atoms with Gasteiger partial charge in [0.1, 0.15) is 0 Å². The van der Waals surface area contributed by atoms with Crippen LogP contribution in [0.15, 0.2) is 212 Å². The number of hydrogen-bond acceptors (Lipinski definition) is 2. The third-order valence-corrected chi connectivity index (χ3v) is 13.3. The monoisotopic (exact) mass is 769 g/mol. The fraction of sp³-hybridized carbons (Fsp3) is 0.0877. The van der Waals surface area contributed by atoms with Gasteiger partial charge >= 0.3 is 0 Å². The second-order valence-corrected chi connectivity index (χ2v) is 16.5. The molecule has 3 heteroatoms. The fourth-order valence-corrected chi connectivity index (χ4v) is 10.6. The van der Waals surface area contributed by atoms with Crippen LogP contribution in [0, 0.1) is 0 Å². The van der Waals surface area contributed by atoms with Crippen LogP contribution in [0.25, 0.3) is 38.3 Å². The molecule has 2 aliphatic rings. The Bertz CT molecular complexity index is 3210. The maximum atomic E-state index is 2.54. The van der Waals surface area contributed by atoms with Crippen molar-refractivity contribution in [3.05, 3.63) is 235 Å². The Morgan fingerprint density at radius 2 is 0.883 bits per heavy atom. The van der Waals surface area contributed by atoms with Gasteiger partial charge in [0.25, 0.3) is 0 Å². The molecule has 0 saturated heterocycles. The molecule has 2 aliphatic carbocycles. The Labute approximate surface area is 351 Å². The van der Waals surface area contributed by atoms with Gasteiger partial charge in [-0.2, -0.15) is 0 Å². The number of benzene rings is 9. The predicted molar refractivity (Wildman–Crippen MR) is 252 cm³/mol. The minimum atomic E-state index is -0.0517. The average Bonchev–Trinajstić information content (AvgIpc) is 3.99. The van der Waals surface area contributed by atoms with E-state index in [1.165, 1.54) is 71.9 Å². The van der Waals surface area contributed by atoms with Gasteiger partial charge in [-0.05, 0) is 138 Å². The van der Waals surface area contributed by atoms with Gasteiger partial charge in [0.15, 0.2) is 0 Å². The number of hydrogen-bond donors (Lipinski definition) is 0. The van der Waals surface area contributed by atoms with E-state index in [2.05, 4.69) is 227 Å². The Morgan fingerprint density at radius 3 is 1.58 bits per heavy atom. The molecule has 10 aromatic rings. The van der Waals surface area contributed by atoms with Crippen molar-refractivity contribution in [1.29, 1.82) is 0 Å². The van der Waals surface area contributed by atoms with E-state index in [0.717, 1.165) is 48.4 Å². The zero-order valence-corrected chi connectivity index (χ0v) is 33.4. The average molecular weight is 770 g/mol. The van der Waals surface area contributed by atoms with Crippen LogP contribution in [0.1, 0.15) is 35.1 Å². The highest BCUT2D eigenvalue weighted by atomic mass is 15.2. The minimum absolute atomic E-state index is 0.0517. The fourth-order valence-electron chi connectivity index (χ4n) is 10.6. The van der Waals surface area contributed by atoms with Gasteiger partial charge in [0.2, 0.25) is 0 Å². The molecule has 0 N–H and O–H groups in total. The molecule has 60 heavy (non-hydrogen) atoms. The zero-order valence-electron chi connectivity index (χ0n) is 33.4. The van der Waals surface area contributed by atoms with Crippen molar-refractivity contribution in [3.63, 3.8) is 0 Å². The molecule has 3 nitrogen and oxygen atoms in total. The van der Waals surface area contributed by atoms with Crippen molar-refractivity contribution < 1.29 is 0 Å². The zero-order chi connectivity index (χ0) is 39.6. The van der Waals surface area contributed by atoms with E-state index in [-0.39, 0.29) is 5.41 Å². The number of anilines is 6. The molecule has 12 rings (SSSR count). The maximum absolute atomic E-state index is 2.54. The van der Waals surface area contributed by atoms with Crippen LogP contribution in [-0.2, 0) is 18.3 Å². The second-order valence-electron chi connectivity index (χ2n) is 16.5. The lowest BCUT2D eigenvalue weighted by Crippen LogP contribution is -2.22. The smallest absolute Gasteiger partial charge is 0.0561 e. The van der Waals surface area contributed by atoms with Crippen LogP contribution in [0.5, 0.6) is 0 Å². The summed E-state index contributed by atoms with van der Waals surface area (Å²) in [6.45, 7) is 0. The summed E-state index contributed by atoms with van der Waals surface area (Å²) in [6.07, 6.45) is 4.41. The van der Waals surface area contributed by atoms with E-state index in [1.54, 1.807) is 0 Å². The van der Waals surface area contributed by atoms with Crippen molar-refractivity contribution in [2.75, 3.05) is 9.80 Å². The molecule has 0 radical (unpaired) electrons. The van der Waals surface area contributed by atoms with Crippen LogP contribution in [0.2, 0.25) is 0 Å². The lowest BCUT2D eigenvalue weighted by Gasteiger charge is -2.32. The molecule has 286 valence electrons. The Kier molecular flexibility index (Phi) is 8.02. The highest BCUT2D eigenvalue weighted by Crippen LogP contribution is 2.55. The third kappa shape index (κ3) is 5.43. The van der Waals surface area contributed by atoms with E-state index in [4.69, 9.17) is 0 Å². The first-order valence-electron chi connectivity index (χ1n) is 21.3. The normalized spacial score (nSPS) is 15.5. The first-order chi connectivity index (χ1) is 29.7. The Hall–Kier alpha value is -7.36. The molecule has 0 bridgehead atoms. The molecule has 1 atom stereocenters. The highest BCUT2D eigenvalue weighted by Gasteiger charge is 2.45. The molecular formula is C57H43N3. The minimum Gasteiger partial charge on any atom is -0.310 e. The molecular weight excluding hydrogens is 727 g/mol. The van der Waals surface area contributed by atoms with Crippen molar-refractivity contribution >= 4 is 66.7 Å². The molecule has 0 fully saturated rings. The van der Waals surface area contributed by atoms with Crippen molar-refractivity contribution in [2.24, 2.45) is 0 Å². The van der Waals surface area contributed by atoms with Crippen molar-refractivity contribution in [2.45, 2.75) is 31.1 Å². The van der Waals surface area contributed by atoms with Crippen molar-refractivity contribution in [1.82, 2.24) is 4.57 Å². The molecule has 0 unspecified atom stereocenters. The quantitative estimate of drug-likeness (QED) is 0.160. The van der Waals surface area contributed by atoms with Crippen molar-refractivity contribution in [3.8, 4) is 5.69 Å². The summed E-state index contributed by atoms with van der Waals surface area (Å²) in [7, 11) is 0. The molecule has 0 aliphatic heterocycles. The third-order valence-electron chi connectivity index (χ3n) is 13.3. The van der Waals surface area contributed by atoms with E-state index in [0.29, 0.717) is 0 Å². The van der Waals surface area contributed by atoms with Gasteiger partial charge in [0, 0.05) is 55.7 Å². The largest absolute Gasteiger partial charge is 0.310 e. The highest BCUT2D eigenvalue weighted by molar-refractivity contribution is 6.10. The molecule has 0 saturated carbocycles. The van der Waals surface area contributed by atoms with Gasteiger partial charge < -0.3 is 14.4 Å². The summed E-state index contributed by atoms with van der Waals surface area (Å²) in [6, 6.07) is 78.3. The van der Waals surface area contributed by atoms with E-state index < -0.39 is 0 Å². The molecule has 9 aromatic carbocycles. The summed E-state index contributed by atoms with van der Waals surface area (Å²) >= 11 is 0. The van der Waals surface area contributed by atoms with Crippen LogP contribution in [-0.4, -0.2) is 4.57 Å². The lowest BCUT2D eigenvalue weighted by molar-refractivity contribution is 0.507. The molecule has 1 spiro atoms. The van der Waals surface area contributed by atoms with Crippen LogP contribution >= 0.6 is 0 Å². The van der Waals surface area contributed by atoms with Crippen LogP contribution < -0.4 is 9.80 Å². The Balaban J connectivity index is 1.01. The number of rotatable bonds is 7. The summed E-state index contributed by atoms with van der Waals surface area (Å²) in [5.41, 5.74) is 16.5. The predicted octanol–water partition coefficient (Wildman–Crippen LogP) is 15.1. The maximum Gasteiger partial charge on any atom is 0.0561 e.